The van der Waals surface area contributed by atoms with Gasteiger partial charge in [0.15, 0.2) is 5.78 Å². The predicted octanol–water partition coefficient (Wildman–Crippen LogP) is 5.95. The van der Waals surface area contributed by atoms with E-state index in [0.29, 0.717) is 17.0 Å². The number of aromatic carboxylic acids is 1. The van der Waals surface area contributed by atoms with Crippen molar-refractivity contribution in [3.05, 3.63) is 150 Å². The third-order valence-corrected chi connectivity index (χ3v) is 13.7. The van der Waals surface area contributed by atoms with E-state index in [1.54, 1.807) is 12.1 Å². The minimum absolute atomic E-state index is 0.000925. The van der Waals surface area contributed by atoms with E-state index < -0.39 is 78.6 Å². The maximum absolute atomic E-state index is 13.7. The SMILES string of the molecule is COC(=O)[C@@]1(OCCCSCC(NC(=O)OCC2c3ccccc3-c3ccccc32)C(=O)Nc2ccc(C(=O)O)cc2)C[C@@H](O)[C@@H](NC(C)=O)C([C@H](O)[C@H](O)CCC(=O)c2ccc(-c3ccccc3)cc2)O1. The normalized spacial score (nSPS) is 19.4. The molecule has 2 unspecified atom stereocenters. The molecule has 1 aliphatic carbocycles. The fourth-order valence-corrected chi connectivity index (χ4v) is 9.84. The third kappa shape index (κ3) is 12.9. The Balaban J connectivity index is 0.965. The molecule has 17 nitrogen and oxygen atoms in total. The second-order valence-electron chi connectivity index (χ2n) is 17.5. The van der Waals surface area contributed by atoms with Crippen molar-refractivity contribution in [3.8, 4) is 22.3 Å². The van der Waals surface area contributed by atoms with Crippen LogP contribution in [0.1, 0.15) is 70.4 Å². The zero-order valence-electron chi connectivity index (χ0n) is 39.6. The first-order valence-corrected chi connectivity index (χ1v) is 24.6. The average Bonchev–Trinajstić information content (AvgIpc) is 3.71. The van der Waals surface area contributed by atoms with Gasteiger partial charge in [-0.25, -0.2) is 14.4 Å². The molecule has 0 saturated carbocycles. The van der Waals surface area contributed by atoms with Crippen LogP contribution in [-0.2, 0) is 33.3 Å². The number of rotatable bonds is 22. The summed E-state index contributed by atoms with van der Waals surface area (Å²) in [5.74, 6) is -5.91. The second-order valence-corrected chi connectivity index (χ2v) is 18.6. The van der Waals surface area contributed by atoms with Gasteiger partial charge in [-0.3, -0.25) is 14.4 Å². The molecule has 0 bridgehead atoms. The topological polar surface area (TPSA) is 256 Å². The molecule has 7 rings (SSSR count). The van der Waals surface area contributed by atoms with E-state index in [4.69, 9.17) is 18.9 Å². The minimum atomic E-state index is -2.31. The minimum Gasteiger partial charge on any atom is -0.478 e. The van der Waals surface area contributed by atoms with Crippen LogP contribution in [0, 0.1) is 0 Å². The van der Waals surface area contributed by atoms with Crippen LogP contribution in [0.4, 0.5) is 10.5 Å². The fourth-order valence-electron chi connectivity index (χ4n) is 8.88. The summed E-state index contributed by atoms with van der Waals surface area (Å²) in [5.41, 5.74) is 6.69. The van der Waals surface area contributed by atoms with E-state index in [-0.39, 0.29) is 55.5 Å². The Labute approximate surface area is 420 Å². The highest BCUT2D eigenvalue weighted by Gasteiger charge is 2.56. The molecule has 7 N–H and O–H groups in total. The van der Waals surface area contributed by atoms with E-state index in [1.807, 2.05) is 91.0 Å². The summed E-state index contributed by atoms with van der Waals surface area (Å²) >= 11 is 1.25. The lowest BCUT2D eigenvalue weighted by Crippen LogP contribution is -2.67. The molecule has 1 fully saturated rings. The summed E-state index contributed by atoms with van der Waals surface area (Å²) in [5, 5.41) is 51.4. The van der Waals surface area contributed by atoms with Crippen LogP contribution in [0.5, 0.6) is 0 Å². The smallest absolute Gasteiger partial charge is 0.407 e. The van der Waals surface area contributed by atoms with E-state index >= 15 is 0 Å². The van der Waals surface area contributed by atoms with Gasteiger partial charge in [-0.2, -0.15) is 11.8 Å². The molecule has 0 radical (unpaired) electrons. The first-order valence-electron chi connectivity index (χ1n) is 23.4. The zero-order chi connectivity index (χ0) is 51.4. The van der Waals surface area contributed by atoms with Crippen LogP contribution in [0.3, 0.4) is 0 Å². The summed E-state index contributed by atoms with van der Waals surface area (Å²) in [7, 11) is 1.08. The van der Waals surface area contributed by atoms with Crippen molar-refractivity contribution in [3.63, 3.8) is 0 Å². The first kappa shape index (κ1) is 52.9. The Morgan fingerprint density at radius 3 is 2.04 bits per heavy atom. The zero-order valence-corrected chi connectivity index (χ0v) is 40.4. The maximum Gasteiger partial charge on any atom is 0.407 e. The molecular weight excluding hydrogens is 947 g/mol. The number of methoxy groups -OCH3 is 1. The number of thioether (sulfide) groups is 1. The van der Waals surface area contributed by atoms with Gasteiger partial charge in [0.2, 0.25) is 11.8 Å². The number of fused-ring (bicyclic) bond motifs is 3. The van der Waals surface area contributed by atoms with Crippen LogP contribution < -0.4 is 16.0 Å². The third-order valence-electron chi connectivity index (χ3n) is 12.6. The highest BCUT2D eigenvalue weighted by Crippen LogP contribution is 2.44. The van der Waals surface area contributed by atoms with Crippen molar-refractivity contribution >= 4 is 53.1 Å². The molecule has 3 amide bonds. The molecule has 72 heavy (non-hydrogen) atoms. The Morgan fingerprint density at radius 1 is 0.806 bits per heavy atom. The number of alkyl carbamates (subject to hydrolysis) is 1. The van der Waals surface area contributed by atoms with Crippen molar-refractivity contribution in [2.24, 2.45) is 0 Å². The number of Topliss-reactive ketones (excluding diaryl/α,β-unsaturated/α-hetero) is 1. The van der Waals surface area contributed by atoms with Crippen molar-refractivity contribution in [1.29, 1.82) is 0 Å². The highest BCUT2D eigenvalue weighted by atomic mass is 32.2. The van der Waals surface area contributed by atoms with E-state index in [1.165, 1.54) is 43.0 Å². The molecule has 5 aromatic rings. The number of carboxylic acids is 1. The molecule has 378 valence electrons. The quantitative estimate of drug-likeness (QED) is 0.0240. The molecule has 1 aliphatic heterocycles. The number of hydrogen-bond donors (Lipinski definition) is 7. The number of amides is 3. The molecular formula is C54H57N3O14S. The largest absolute Gasteiger partial charge is 0.478 e. The number of benzene rings is 5. The number of hydrogen-bond acceptors (Lipinski definition) is 14. The number of esters is 1. The highest BCUT2D eigenvalue weighted by molar-refractivity contribution is 7.99. The number of aliphatic hydroxyl groups excluding tert-OH is 3. The number of nitrogens with one attached hydrogen (secondary N) is 3. The van der Waals surface area contributed by atoms with Gasteiger partial charge in [-0.15, -0.1) is 0 Å². The van der Waals surface area contributed by atoms with Gasteiger partial charge in [-0.1, -0.05) is 103 Å². The van der Waals surface area contributed by atoms with Crippen molar-refractivity contribution in [1.82, 2.24) is 10.6 Å². The van der Waals surface area contributed by atoms with Crippen LogP contribution in [-0.4, -0.2) is 130 Å². The van der Waals surface area contributed by atoms with Crippen LogP contribution in [0.2, 0.25) is 0 Å². The average molecular weight is 1000 g/mol. The van der Waals surface area contributed by atoms with Gasteiger partial charge in [-0.05, 0) is 76.2 Å². The van der Waals surface area contributed by atoms with Crippen LogP contribution >= 0.6 is 11.8 Å². The summed E-state index contributed by atoms with van der Waals surface area (Å²) in [6.07, 6.45) is -8.19. The molecule has 0 spiro atoms. The Morgan fingerprint density at radius 2 is 1.42 bits per heavy atom. The van der Waals surface area contributed by atoms with Crippen molar-refractivity contribution in [2.75, 3.05) is 37.1 Å². The Hall–Kier alpha value is -6.93. The summed E-state index contributed by atoms with van der Waals surface area (Å²) < 4.78 is 22.9. The van der Waals surface area contributed by atoms with Crippen molar-refractivity contribution in [2.45, 2.75) is 80.8 Å². The molecule has 18 heteroatoms. The van der Waals surface area contributed by atoms with Gasteiger partial charge in [0.05, 0.1) is 37.5 Å². The lowest BCUT2D eigenvalue weighted by molar-refractivity contribution is -0.311. The van der Waals surface area contributed by atoms with E-state index in [9.17, 15) is 49.2 Å². The summed E-state index contributed by atoms with van der Waals surface area (Å²) in [6, 6.07) is 35.4. The Bertz CT molecular complexity index is 2660. The first-order chi connectivity index (χ1) is 34.7. The molecule has 0 aromatic heterocycles. The molecule has 1 saturated heterocycles. The second kappa shape index (κ2) is 24.5. The molecule has 1 heterocycles. The Kier molecular flexibility index (Phi) is 18.0. The number of ketones is 1. The number of carbonyl (C=O) groups excluding carboxylic acids is 5. The molecule has 5 aromatic carbocycles. The number of ether oxygens (including phenoxy) is 4. The van der Waals surface area contributed by atoms with Crippen LogP contribution in [0.15, 0.2) is 127 Å². The van der Waals surface area contributed by atoms with Gasteiger partial charge in [0, 0.05) is 42.7 Å². The van der Waals surface area contributed by atoms with E-state index in [0.717, 1.165) is 40.5 Å². The standard InChI is InChI=1S/C54H57N3O14S/c1-32(58)55-47-46(61)29-54(52(66)68-2,71-49(47)48(62)45(60)26-25-44(59)35-19-17-34(18-20-35)33-11-4-3-5-12-33)70-27-10-28-72-31-43(50(63)56-37-23-21-36(22-24-37)51(64)65)57-53(67)69-30-42-40-15-8-6-13-38(40)39-14-7-9-16-41(39)42/h3-9,11-24,42-43,45-49,60-62H,10,25-31H2,1-2H3,(H,55,58)(H,56,63)(H,57,67)(H,64,65)/t43?,45-,46-,47-,48-,49?,54-/m1/s1. The van der Waals surface area contributed by atoms with Crippen molar-refractivity contribution < 1.29 is 68.1 Å². The van der Waals surface area contributed by atoms with Gasteiger partial charge in [0.1, 0.15) is 24.9 Å². The van der Waals surface area contributed by atoms with E-state index in [2.05, 4.69) is 16.0 Å². The number of aliphatic hydroxyl groups is 3. The van der Waals surface area contributed by atoms with Gasteiger partial charge >= 0.3 is 18.0 Å². The molecule has 2 aliphatic rings. The molecule has 7 atom stereocenters. The fraction of sp³-hybridized carbons (Fsp3) is 0.333. The number of anilines is 1. The number of carbonyl (C=O) groups is 6. The summed E-state index contributed by atoms with van der Waals surface area (Å²) in [4.78, 5) is 77.4. The summed E-state index contributed by atoms with van der Waals surface area (Å²) in [6.45, 7) is 1.00. The predicted molar refractivity (Wildman–Crippen MR) is 267 cm³/mol. The number of carboxylic acid groups (broad SMARTS) is 1. The van der Waals surface area contributed by atoms with Gasteiger partial charge < -0.3 is 55.3 Å². The lowest BCUT2D eigenvalue weighted by Gasteiger charge is -2.47. The van der Waals surface area contributed by atoms with Gasteiger partial charge in [0.25, 0.3) is 5.79 Å². The lowest BCUT2D eigenvalue weighted by atomic mass is 9.87. The maximum atomic E-state index is 13.7. The van der Waals surface area contributed by atoms with Crippen LogP contribution in [0.25, 0.3) is 22.3 Å². The monoisotopic (exact) mass is 1000 g/mol.